The van der Waals surface area contributed by atoms with Gasteiger partial charge in [-0.15, -0.1) is 11.8 Å². The van der Waals surface area contributed by atoms with Gasteiger partial charge in [-0.2, -0.15) is 0 Å². The normalized spacial score (nSPS) is 12.2. The fourth-order valence-electron chi connectivity index (χ4n) is 1.62. The fraction of sp³-hybridized carbons (Fsp3) is 0.500. The summed E-state index contributed by atoms with van der Waals surface area (Å²) in [4.78, 5) is 12.8. The average molecular weight is 267 g/mol. The number of anilines is 1. The highest BCUT2D eigenvalue weighted by molar-refractivity contribution is 8.00. The van der Waals surface area contributed by atoms with E-state index in [1.54, 1.807) is 0 Å². The molecule has 1 aromatic rings. The van der Waals surface area contributed by atoms with Crippen LogP contribution in [0.15, 0.2) is 23.1 Å². The zero-order valence-corrected chi connectivity index (χ0v) is 12.0. The van der Waals surface area contributed by atoms with E-state index in [0.717, 1.165) is 29.0 Å². The number of aryl methyl sites for hydroxylation is 1. The Bertz CT molecular complexity index is 407. The summed E-state index contributed by atoms with van der Waals surface area (Å²) < 4.78 is 5.10. The van der Waals surface area contributed by atoms with Gasteiger partial charge < -0.3 is 10.5 Å². The van der Waals surface area contributed by atoms with Crippen LogP contribution in [0.4, 0.5) is 5.69 Å². The Morgan fingerprint density at radius 1 is 1.44 bits per heavy atom. The van der Waals surface area contributed by atoms with Crippen LogP contribution in [0, 0.1) is 6.92 Å². The molecule has 1 aromatic carbocycles. The first kappa shape index (κ1) is 14.9. The van der Waals surface area contributed by atoms with Crippen LogP contribution in [0.1, 0.15) is 32.3 Å². The quantitative estimate of drug-likeness (QED) is 0.487. The molecule has 0 aliphatic heterocycles. The maximum atomic E-state index is 11.8. The van der Waals surface area contributed by atoms with Crippen LogP contribution in [-0.2, 0) is 9.53 Å². The lowest BCUT2D eigenvalue weighted by atomic mass is 10.2. The molecular weight excluding hydrogens is 246 g/mol. The molecule has 0 saturated carbocycles. The minimum atomic E-state index is -0.168. The van der Waals surface area contributed by atoms with Crippen LogP contribution < -0.4 is 5.73 Å². The molecule has 0 bridgehead atoms. The highest BCUT2D eigenvalue weighted by Crippen LogP contribution is 2.32. The second kappa shape index (κ2) is 7.31. The topological polar surface area (TPSA) is 52.3 Å². The lowest BCUT2D eigenvalue weighted by molar-refractivity contribution is -0.142. The first-order valence-electron chi connectivity index (χ1n) is 6.27. The summed E-state index contributed by atoms with van der Waals surface area (Å²) in [6.45, 7) is 6.32. The molecule has 0 amide bonds. The Labute approximate surface area is 113 Å². The molecule has 1 unspecified atom stereocenters. The number of rotatable bonds is 6. The number of benzene rings is 1. The van der Waals surface area contributed by atoms with E-state index in [0.29, 0.717) is 6.61 Å². The standard InChI is InChI=1S/C14H21NO2S/c1-4-6-12(14(16)17-5-2)18-13-9-10(3)7-8-11(13)15/h7-9,12H,4-6,15H2,1-3H3. The predicted molar refractivity (Wildman–Crippen MR) is 76.8 cm³/mol. The summed E-state index contributed by atoms with van der Waals surface area (Å²) >= 11 is 1.50. The summed E-state index contributed by atoms with van der Waals surface area (Å²) in [6, 6.07) is 5.87. The van der Waals surface area contributed by atoms with Crippen LogP contribution >= 0.6 is 11.8 Å². The van der Waals surface area contributed by atoms with Crippen molar-refractivity contribution in [2.24, 2.45) is 0 Å². The number of carbonyl (C=O) groups excluding carboxylic acids is 1. The smallest absolute Gasteiger partial charge is 0.319 e. The summed E-state index contributed by atoms with van der Waals surface area (Å²) in [7, 11) is 0. The molecule has 3 nitrogen and oxygen atoms in total. The van der Waals surface area contributed by atoms with E-state index >= 15 is 0 Å². The maximum absolute atomic E-state index is 11.8. The molecule has 0 aliphatic carbocycles. The number of nitrogen functional groups attached to an aromatic ring is 1. The third-order valence-electron chi connectivity index (χ3n) is 2.54. The van der Waals surface area contributed by atoms with E-state index in [1.165, 1.54) is 11.8 Å². The first-order valence-corrected chi connectivity index (χ1v) is 7.15. The molecule has 0 heterocycles. The van der Waals surface area contributed by atoms with Gasteiger partial charge in [0, 0.05) is 10.6 Å². The van der Waals surface area contributed by atoms with Crippen LogP contribution in [-0.4, -0.2) is 17.8 Å². The lowest BCUT2D eigenvalue weighted by Crippen LogP contribution is -2.20. The zero-order chi connectivity index (χ0) is 13.5. The number of hydrogen-bond acceptors (Lipinski definition) is 4. The van der Waals surface area contributed by atoms with Crippen molar-refractivity contribution in [3.8, 4) is 0 Å². The Balaban J connectivity index is 2.82. The van der Waals surface area contributed by atoms with Gasteiger partial charge in [0.05, 0.1) is 6.61 Å². The second-order valence-corrected chi connectivity index (χ2v) is 5.43. The molecule has 0 spiro atoms. The third-order valence-corrected chi connectivity index (χ3v) is 3.86. The van der Waals surface area contributed by atoms with E-state index in [-0.39, 0.29) is 11.2 Å². The van der Waals surface area contributed by atoms with Gasteiger partial charge in [0.15, 0.2) is 0 Å². The van der Waals surface area contributed by atoms with Crippen molar-refractivity contribution in [2.75, 3.05) is 12.3 Å². The van der Waals surface area contributed by atoms with Crippen molar-refractivity contribution >= 4 is 23.4 Å². The molecule has 2 N–H and O–H groups in total. The molecule has 100 valence electrons. The van der Waals surface area contributed by atoms with Crippen molar-refractivity contribution in [1.29, 1.82) is 0 Å². The van der Waals surface area contributed by atoms with E-state index in [9.17, 15) is 4.79 Å². The van der Waals surface area contributed by atoms with Gasteiger partial charge in [-0.1, -0.05) is 19.4 Å². The number of carbonyl (C=O) groups is 1. The first-order chi connectivity index (χ1) is 8.58. The average Bonchev–Trinajstić information content (AvgIpc) is 2.33. The molecule has 0 saturated heterocycles. The summed E-state index contributed by atoms with van der Waals surface area (Å²) in [6.07, 6.45) is 1.75. The van der Waals surface area contributed by atoms with E-state index in [2.05, 4.69) is 6.92 Å². The number of hydrogen-bond donors (Lipinski definition) is 1. The molecular formula is C14H21NO2S. The SMILES string of the molecule is CCCC(Sc1cc(C)ccc1N)C(=O)OCC. The van der Waals surface area contributed by atoms with Gasteiger partial charge in [-0.05, 0) is 38.0 Å². The Hall–Kier alpha value is -1.16. The van der Waals surface area contributed by atoms with Crippen molar-refractivity contribution in [3.05, 3.63) is 23.8 Å². The van der Waals surface area contributed by atoms with Gasteiger partial charge in [-0.3, -0.25) is 4.79 Å². The molecule has 18 heavy (non-hydrogen) atoms. The van der Waals surface area contributed by atoms with Crippen LogP contribution in [0.5, 0.6) is 0 Å². The zero-order valence-electron chi connectivity index (χ0n) is 11.2. The largest absolute Gasteiger partial charge is 0.465 e. The number of nitrogens with two attached hydrogens (primary N) is 1. The van der Waals surface area contributed by atoms with Gasteiger partial charge >= 0.3 is 5.97 Å². The molecule has 4 heteroatoms. The van der Waals surface area contributed by atoms with Crippen molar-refractivity contribution < 1.29 is 9.53 Å². The van der Waals surface area contributed by atoms with Gasteiger partial charge in [0.2, 0.25) is 0 Å². The highest BCUT2D eigenvalue weighted by Gasteiger charge is 2.21. The van der Waals surface area contributed by atoms with Crippen molar-refractivity contribution in [1.82, 2.24) is 0 Å². The Morgan fingerprint density at radius 2 is 2.17 bits per heavy atom. The summed E-state index contributed by atoms with van der Waals surface area (Å²) in [5, 5.41) is -0.168. The van der Waals surface area contributed by atoms with Gasteiger partial charge in [0.1, 0.15) is 5.25 Å². The van der Waals surface area contributed by atoms with E-state index < -0.39 is 0 Å². The number of ether oxygens (including phenoxy) is 1. The van der Waals surface area contributed by atoms with Gasteiger partial charge in [0.25, 0.3) is 0 Å². The van der Waals surface area contributed by atoms with Crippen molar-refractivity contribution in [3.63, 3.8) is 0 Å². The fourth-order valence-corrected chi connectivity index (χ4v) is 2.90. The van der Waals surface area contributed by atoms with E-state index in [1.807, 2.05) is 32.0 Å². The minimum absolute atomic E-state index is 0.148. The monoisotopic (exact) mass is 267 g/mol. The summed E-state index contributed by atoms with van der Waals surface area (Å²) in [5.41, 5.74) is 7.80. The van der Waals surface area contributed by atoms with Gasteiger partial charge in [-0.25, -0.2) is 0 Å². The molecule has 0 aromatic heterocycles. The molecule has 0 aliphatic rings. The van der Waals surface area contributed by atoms with E-state index in [4.69, 9.17) is 10.5 Å². The predicted octanol–water partition coefficient (Wildman–Crippen LogP) is 3.40. The van der Waals surface area contributed by atoms with Crippen LogP contribution in [0.25, 0.3) is 0 Å². The minimum Gasteiger partial charge on any atom is -0.465 e. The van der Waals surface area contributed by atoms with Crippen LogP contribution in [0.2, 0.25) is 0 Å². The highest BCUT2D eigenvalue weighted by atomic mass is 32.2. The number of thioether (sulfide) groups is 1. The molecule has 1 rings (SSSR count). The summed E-state index contributed by atoms with van der Waals surface area (Å²) in [5.74, 6) is -0.148. The Kier molecular flexibility index (Phi) is 6.05. The molecule has 0 fully saturated rings. The molecule has 0 radical (unpaired) electrons. The Morgan fingerprint density at radius 3 is 2.78 bits per heavy atom. The number of esters is 1. The van der Waals surface area contributed by atoms with Crippen molar-refractivity contribution in [2.45, 2.75) is 43.8 Å². The van der Waals surface area contributed by atoms with Crippen LogP contribution in [0.3, 0.4) is 0 Å². The maximum Gasteiger partial charge on any atom is 0.319 e. The second-order valence-electron chi connectivity index (χ2n) is 4.19. The lowest BCUT2D eigenvalue weighted by Gasteiger charge is -2.15. The third kappa shape index (κ3) is 4.26. The molecule has 1 atom stereocenters.